The van der Waals surface area contributed by atoms with Crippen molar-refractivity contribution in [3.05, 3.63) is 52.0 Å². The van der Waals surface area contributed by atoms with Gasteiger partial charge in [-0.15, -0.1) is 0 Å². The van der Waals surface area contributed by atoms with Crippen LogP contribution < -0.4 is 5.32 Å². The van der Waals surface area contributed by atoms with E-state index in [1.807, 2.05) is 24.5 Å². The summed E-state index contributed by atoms with van der Waals surface area (Å²) < 4.78 is 2.18. The van der Waals surface area contributed by atoms with E-state index in [0.717, 1.165) is 48.9 Å². The normalized spacial score (nSPS) is 10.9. The van der Waals surface area contributed by atoms with E-state index in [-0.39, 0.29) is 0 Å². The number of imidazole rings is 1. The molecule has 1 N–H and O–H groups in total. The van der Waals surface area contributed by atoms with Crippen LogP contribution in [0.4, 0.5) is 0 Å². The van der Waals surface area contributed by atoms with Gasteiger partial charge in [0.15, 0.2) is 0 Å². The molecule has 0 unspecified atom stereocenters. The van der Waals surface area contributed by atoms with Crippen LogP contribution in [0, 0.1) is 0 Å². The van der Waals surface area contributed by atoms with Crippen LogP contribution in [0.1, 0.15) is 24.7 Å². The Balaban J connectivity index is 1.80. The van der Waals surface area contributed by atoms with E-state index in [1.54, 1.807) is 6.07 Å². The maximum atomic E-state index is 6.15. The minimum absolute atomic E-state index is 0.674. The molecule has 0 bridgehead atoms. The van der Waals surface area contributed by atoms with E-state index in [2.05, 4.69) is 21.8 Å². The van der Waals surface area contributed by atoms with Gasteiger partial charge in [0.1, 0.15) is 5.82 Å². The highest BCUT2D eigenvalue weighted by molar-refractivity contribution is 6.35. The lowest BCUT2D eigenvalue weighted by Crippen LogP contribution is -2.19. The number of benzene rings is 1. The van der Waals surface area contributed by atoms with Crippen LogP contribution in [-0.4, -0.2) is 16.1 Å². The molecule has 0 fully saturated rings. The summed E-state index contributed by atoms with van der Waals surface area (Å²) in [6, 6.07) is 5.63. The zero-order valence-electron chi connectivity index (χ0n) is 11.6. The second kappa shape index (κ2) is 7.67. The third-order valence-electron chi connectivity index (χ3n) is 3.14. The number of hydrogen-bond donors (Lipinski definition) is 1. The molecule has 2 rings (SSSR count). The number of rotatable bonds is 7. The van der Waals surface area contributed by atoms with Gasteiger partial charge in [0.25, 0.3) is 0 Å². The van der Waals surface area contributed by atoms with Crippen LogP contribution in [0.3, 0.4) is 0 Å². The number of nitrogens with one attached hydrogen (secondary N) is 1. The van der Waals surface area contributed by atoms with Crippen LogP contribution in [-0.2, 0) is 19.5 Å². The average molecular weight is 312 g/mol. The van der Waals surface area contributed by atoms with Crippen LogP contribution in [0.2, 0.25) is 10.0 Å². The molecule has 0 saturated heterocycles. The molecular weight excluding hydrogens is 293 g/mol. The Hall–Kier alpha value is -1.03. The fraction of sp³-hybridized carbons (Fsp3) is 0.400. The minimum atomic E-state index is 0.674. The van der Waals surface area contributed by atoms with Crippen molar-refractivity contribution in [2.24, 2.45) is 0 Å². The summed E-state index contributed by atoms with van der Waals surface area (Å²) in [5.41, 5.74) is 1.11. The topological polar surface area (TPSA) is 29.9 Å². The smallest absolute Gasteiger partial charge is 0.122 e. The van der Waals surface area contributed by atoms with Crippen molar-refractivity contribution in [1.29, 1.82) is 0 Å². The van der Waals surface area contributed by atoms with Gasteiger partial charge in [0.05, 0.1) is 6.54 Å². The summed E-state index contributed by atoms with van der Waals surface area (Å²) in [5, 5.41) is 4.80. The van der Waals surface area contributed by atoms with E-state index in [9.17, 15) is 0 Å². The first-order chi connectivity index (χ1) is 9.70. The summed E-state index contributed by atoms with van der Waals surface area (Å²) in [6.07, 6.45) is 5.87. The van der Waals surface area contributed by atoms with E-state index in [4.69, 9.17) is 23.2 Å². The van der Waals surface area contributed by atoms with Gasteiger partial charge >= 0.3 is 0 Å². The second-order valence-corrected chi connectivity index (χ2v) is 5.54. The molecule has 0 amide bonds. The van der Waals surface area contributed by atoms with Crippen molar-refractivity contribution in [3.8, 4) is 0 Å². The van der Waals surface area contributed by atoms with Gasteiger partial charge < -0.3 is 9.88 Å². The molecule has 0 spiro atoms. The SMILES string of the molecule is CCCn1ccnc1CNCCc1ccc(Cl)cc1Cl. The Kier molecular flexibility index (Phi) is 5.89. The maximum absolute atomic E-state index is 6.15. The third-order valence-corrected chi connectivity index (χ3v) is 3.72. The molecule has 20 heavy (non-hydrogen) atoms. The summed E-state index contributed by atoms with van der Waals surface area (Å²) >= 11 is 12.0. The highest BCUT2D eigenvalue weighted by Crippen LogP contribution is 2.21. The first-order valence-corrected chi connectivity index (χ1v) is 7.61. The van der Waals surface area contributed by atoms with E-state index >= 15 is 0 Å². The van der Waals surface area contributed by atoms with Crippen molar-refractivity contribution < 1.29 is 0 Å². The molecule has 0 aliphatic rings. The molecular formula is C15H19Cl2N3. The van der Waals surface area contributed by atoms with Gasteiger partial charge in [0.2, 0.25) is 0 Å². The number of hydrogen-bond acceptors (Lipinski definition) is 2. The number of aryl methyl sites for hydroxylation is 1. The van der Waals surface area contributed by atoms with Gasteiger partial charge in [-0.25, -0.2) is 4.98 Å². The van der Waals surface area contributed by atoms with Crippen molar-refractivity contribution in [2.45, 2.75) is 32.9 Å². The van der Waals surface area contributed by atoms with Gasteiger partial charge in [0, 0.05) is 29.0 Å². The maximum Gasteiger partial charge on any atom is 0.122 e. The first kappa shape index (κ1) is 15.4. The molecule has 5 heteroatoms. The fourth-order valence-electron chi connectivity index (χ4n) is 2.10. The predicted molar refractivity (Wildman–Crippen MR) is 84.4 cm³/mol. The largest absolute Gasteiger partial charge is 0.334 e. The van der Waals surface area contributed by atoms with Crippen LogP contribution in [0.15, 0.2) is 30.6 Å². The Morgan fingerprint density at radius 1 is 1.30 bits per heavy atom. The summed E-state index contributed by atoms with van der Waals surface area (Å²) in [4.78, 5) is 4.37. The molecule has 1 aromatic carbocycles. The van der Waals surface area contributed by atoms with Crippen LogP contribution in [0.25, 0.3) is 0 Å². The third kappa shape index (κ3) is 4.23. The molecule has 2 aromatic rings. The van der Waals surface area contributed by atoms with E-state index in [0.29, 0.717) is 5.02 Å². The standard InChI is InChI=1S/C15H19Cl2N3/c1-2-8-20-9-7-19-15(20)11-18-6-5-12-3-4-13(16)10-14(12)17/h3-4,7,9-10,18H,2,5-6,8,11H2,1H3. The summed E-state index contributed by atoms with van der Waals surface area (Å²) in [5.74, 6) is 1.08. The molecule has 0 radical (unpaired) electrons. The van der Waals surface area contributed by atoms with E-state index in [1.165, 1.54) is 0 Å². The van der Waals surface area contributed by atoms with Gasteiger partial charge in [-0.3, -0.25) is 0 Å². The molecule has 1 heterocycles. The first-order valence-electron chi connectivity index (χ1n) is 6.85. The molecule has 108 valence electrons. The lowest BCUT2D eigenvalue weighted by Gasteiger charge is -2.08. The Morgan fingerprint density at radius 2 is 2.15 bits per heavy atom. The van der Waals surface area contributed by atoms with Gasteiger partial charge in [-0.2, -0.15) is 0 Å². The molecule has 0 aliphatic carbocycles. The average Bonchev–Trinajstić information content (AvgIpc) is 2.85. The van der Waals surface area contributed by atoms with Gasteiger partial charge in [-0.05, 0) is 37.1 Å². The number of halogens is 2. The van der Waals surface area contributed by atoms with Crippen molar-refractivity contribution in [1.82, 2.24) is 14.9 Å². The molecule has 0 saturated carbocycles. The van der Waals surface area contributed by atoms with Crippen molar-refractivity contribution >= 4 is 23.2 Å². The Morgan fingerprint density at radius 3 is 2.90 bits per heavy atom. The van der Waals surface area contributed by atoms with Crippen molar-refractivity contribution in [2.75, 3.05) is 6.54 Å². The molecule has 1 aromatic heterocycles. The lowest BCUT2D eigenvalue weighted by molar-refractivity contribution is 0.589. The fourth-order valence-corrected chi connectivity index (χ4v) is 2.60. The quantitative estimate of drug-likeness (QED) is 0.785. The number of aromatic nitrogens is 2. The van der Waals surface area contributed by atoms with Crippen LogP contribution >= 0.6 is 23.2 Å². The minimum Gasteiger partial charge on any atom is -0.334 e. The zero-order chi connectivity index (χ0) is 14.4. The Bertz CT molecular complexity index is 552. The Labute approximate surface area is 129 Å². The second-order valence-electron chi connectivity index (χ2n) is 4.70. The molecule has 0 aliphatic heterocycles. The highest BCUT2D eigenvalue weighted by Gasteiger charge is 2.03. The monoisotopic (exact) mass is 311 g/mol. The summed E-state index contributed by atoms with van der Waals surface area (Å²) in [6.45, 7) is 4.82. The molecule has 3 nitrogen and oxygen atoms in total. The number of nitrogens with zero attached hydrogens (tertiary/aromatic N) is 2. The lowest BCUT2D eigenvalue weighted by atomic mass is 10.1. The summed E-state index contributed by atoms with van der Waals surface area (Å²) in [7, 11) is 0. The van der Waals surface area contributed by atoms with E-state index < -0.39 is 0 Å². The molecule has 0 atom stereocenters. The van der Waals surface area contributed by atoms with Crippen molar-refractivity contribution in [3.63, 3.8) is 0 Å². The van der Waals surface area contributed by atoms with Gasteiger partial charge in [-0.1, -0.05) is 36.2 Å². The zero-order valence-corrected chi connectivity index (χ0v) is 13.1. The highest BCUT2D eigenvalue weighted by atomic mass is 35.5. The van der Waals surface area contributed by atoms with Crippen LogP contribution in [0.5, 0.6) is 0 Å². The predicted octanol–water partition coefficient (Wildman–Crippen LogP) is 3.93.